The molecule has 0 spiro atoms. The Morgan fingerprint density at radius 3 is 3.00 bits per heavy atom. The first kappa shape index (κ1) is 11.0. The van der Waals surface area contributed by atoms with Gasteiger partial charge in [0.2, 0.25) is 5.88 Å². The number of aryl methyl sites for hydroxylation is 2. The van der Waals surface area contributed by atoms with E-state index in [4.69, 9.17) is 4.74 Å². The van der Waals surface area contributed by atoms with Crippen LogP contribution in [0.25, 0.3) is 0 Å². The average molecular weight is 241 g/mol. The maximum absolute atomic E-state index is 5.87. The van der Waals surface area contributed by atoms with Gasteiger partial charge in [0.15, 0.2) is 5.75 Å². The van der Waals surface area contributed by atoms with Gasteiger partial charge in [-0.05, 0) is 31.4 Å². The van der Waals surface area contributed by atoms with Gasteiger partial charge < -0.3 is 10.1 Å². The molecule has 0 saturated heterocycles. The smallest absolute Gasteiger partial charge is 0.240 e. The van der Waals surface area contributed by atoms with Crippen molar-refractivity contribution in [1.82, 2.24) is 9.97 Å². The van der Waals surface area contributed by atoms with Crippen LogP contribution in [0.1, 0.15) is 17.7 Å². The summed E-state index contributed by atoms with van der Waals surface area (Å²) in [4.78, 5) is 8.39. The molecule has 0 radical (unpaired) electrons. The highest BCUT2D eigenvalue weighted by molar-refractivity contribution is 5.64. The lowest BCUT2D eigenvalue weighted by Crippen LogP contribution is -2.12. The van der Waals surface area contributed by atoms with E-state index in [9.17, 15) is 0 Å². The van der Waals surface area contributed by atoms with E-state index in [1.165, 1.54) is 12.0 Å². The second kappa shape index (κ2) is 4.64. The molecule has 3 rings (SSSR count). The van der Waals surface area contributed by atoms with E-state index in [2.05, 4.69) is 21.4 Å². The zero-order valence-electron chi connectivity index (χ0n) is 10.3. The molecule has 0 unspecified atom stereocenters. The number of ether oxygens (including phenoxy) is 1. The molecule has 4 heteroatoms. The third-order valence-electron chi connectivity index (χ3n) is 3.08. The Labute approximate surface area is 106 Å². The van der Waals surface area contributed by atoms with Crippen LogP contribution in [0.2, 0.25) is 0 Å². The first-order valence-corrected chi connectivity index (χ1v) is 6.16. The predicted octanol–water partition coefficient (Wildman–Crippen LogP) is 2.94. The van der Waals surface area contributed by atoms with Gasteiger partial charge in [-0.15, -0.1) is 0 Å². The maximum atomic E-state index is 5.87. The molecule has 2 heterocycles. The summed E-state index contributed by atoms with van der Waals surface area (Å²) in [5.74, 6) is 1.40. The number of nitrogens with zero attached hydrogens (tertiary/aromatic N) is 2. The average Bonchev–Trinajstić information content (AvgIpc) is 2.42. The normalized spacial score (nSPS) is 13.6. The van der Waals surface area contributed by atoms with Crippen LogP contribution in [-0.2, 0) is 6.42 Å². The summed E-state index contributed by atoms with van der Waals surface area (Å²) in [7, 11) is 0. The van der Waals surface area contributed by atoms with Gasteiger partial charge in [0, 0.05) is 18.9 Å². The second-order valence-corrected chi connectivity index (χ2v) is 4.37. The van der Waals surface area contributed by atoms with Crippen molar-refractivity contribution in [3.8, 4) is 11.6 Å². The lowest BCUT2D eigenvalue weighted by atomic mass is 10.0. The Bertz CT molecular complexity index is 569. The highest BCUT2D eigenvalue weighted by atomic mass is 16.5. The molecule has 18 heavy (non-hydrogen) atoms. The van der Waals surface area contributed by atoms with Crippen LogP contribution in [0.5, 0.6) is 11.6 Å². The zero-order chi connectivity index (χ0) is 12.4. The summed E-state index contributed by atoms with van der Waals surface area (Å²) < 4.78 is 5.87. The number of rotatable bonds is 2. The van der Waals surface area contributed by atoms with Gasteiger partial charge in [-0.2, -0.15) is 0 Å². The molecule has 0 saturated carbocycles. The van der Waals surface area contributed by atoms with Crippen LogP contribution in [-0.4, -0.2) is 16.5 Å². The molecule has 1 aromatic heterocycles. The van der Waals surface area contributed by atoms with Crippen LogP contribution in [0.4, 0.5) is 5.69 Å². The standard InChI is InChI=1S/C14H15N3O/c1-10-14(17-9-8-15-10)18-12-6-2-4-11-5-3-7-16-13(11)12/h2,4,6,8-9,16H,3,5,7H2,1H3. The molecule has 1 aromatic carbocycles. The van der Waals surface area contributed by atoms with Gasteiger partial charge in [-0.3, -0.25) is 4.98 Å². The summed E-state index contributed by atoms with van der Waals surface area (Å²) in [6.45, 7) is 2.89. The van der Waals surface area contributed by atoms with E-state index < -0.39 is 0 Å². The van der Waals surface area contributed by atoms with Crippen molar-refractivity contribution in [3.05, 3.63) is 41.9 Å². The number of aromatic nitrogens is 2. The van der Waals surface area contributed by atoms with Crippen LogP contribution >= 0.6 is 0 Å². The fraction of sp³-hybridized carbons (Fsp3) is 0.286. The highest BCUT2D eigenvalue weighted by Crippen LogP contribution is 2.34. The number of hydrogen-bond donors (Lipinski definition) is 1. The van der Waals surface area contributed by atoms with E-state index in [0.717, 1.165) is 30.1 Å². The van der Waals surface area contributed by atoms with Crippen LogP contribution < -0.4 is 10.1 Å². The Morgan fingerprint density at radius 1 is 1.22 bits per heavy atom. The van der Waals surface area contributed by atoms with E-state index in [1.807, 2.05) is 19.1 Å². The van der Waals surface area contributed by atoms with E-state index in [1.54, 1.807) is 12.4 Å². The van der Waals surface area contributed by atoms with Gasteiger partial charge in [0.05, 0.1) is 11.4 Å². The van der Waals surface area contributed by atoms with Crippen molar-refractivity contribution in [2.75, 3.05) is 11.9 Å². The molecule has 0 bridgehead atoms. The Balaban J connectivity index is 1.96. The van der Waals surface area contributed by atoms with E-state index in [0.29, 0.717) is 5.88 Å². The minimum Gasteiger partial charge on any atom is -0.435 e. The number of nitrogens with one attached hydrogen (secondary N) is 1. The van der Waals surface area contributed by atoms with Crippen molar-refractivity contribution in [3.63, 3.8) is 0 Å². The largest absolute Gasteiger partial charge is 0.435 e. The first-order valence-electron chi connectivity index (χ1n) is 6.16. The SMILES string of the molecule is Cc1nccnc1Oc1cccc2c1NCCC2. The molecule has 0 amide bonds. The highest BCUT2D eigenvalue weighted by Gasteiger charge is 2.14. The summed E-state index contributed by atoms with van der Waals surface area (Å²) in [6.07, 6.45) is 5.58. The fourth-order valence-corrected chi connectivity index (χ4v) is 2.16. The molecular formula is C14H15N3O. The van der Waals surface area contributed by atoms with Gasteiger partial charge in [0.25, 0.3) is 0 Å². The van der Waals surface area contributed by atoms with Crippen LogP contribution in [0.3, 0.4) is 0 Å². The molecule has 0 atom stereocenters. The van der Waals surface area contributed by atoms with Crippen molar-refractivity contribution >= 4 is 5.69 Å². The second-order valence-electron chi connectivity index (χ2n) is 4.37. The van der Waals surface area contributed by atoms with E-state index >= 15 is 0 Å². The van der Waals surface area contributed by atoms with Gasteiger partial charge in [0.1, 0.15) is 0 Å². The maximum Gasteiger partial charge on any atom is 0.240 e. The number of anilines is 1. The lowest BCUT2D eigenvalue weighted by Gasteiger charge is -2.20. The van der Waals surface area contributed by atoms with E-state index in [-0.39, 0.29) is 0 Å². The number of hydrogen-bond acceptors (Lipinski definition) is 4. The lowest BCUT2D eigenvalue weighted by molar-refractivity contribution is 0.455. The minimum atomic E-state index is 0.568. The van der Waals surface area contributed by atoms with Crippen molar-refractivity contribution in [2.45, 2.75) is 19.8 Å². The molecule has 0 aliphatic carbocycles. The molecule has 1 aliphatic heterocycles. The fourth-order valence-electron chi connectivity index (χ4n) is 2.16. The third-order valence-corrected chi connectivity index (χ3v) is 3.08. The summed E-state index contributed by atoms with van der Waals surface area (Å²) in [6, 6.07) is 6.12. The third kappa shape index (κ3) is 2.01. The monoisotopic (exact) mass is 241 g/mol. The molecule has 92 valence electrons. The minimum absolute atomic E-state index is 0.568. The Kier molecular flexibility index (Phi) is 2.84. The zero-order valence-corrected chi connectivity index (χ0v) is 10.3. The van der Waals surface area contributed by atoms with Crippen LogP contribution in [0.15, 0.2) is 30.6 Å². The topological polar surface area (TPSA) is 47.0 Å². The number of para-hydroxylation sites is 1. The number of fused-ring (bicyclic) bond motifs is 1. The number of benzene rings is 1. The predicted molar refractivity (Wildman–Crippen MR) is 70.1 cm³/mol. The van der Waals surface area contributed by atoms with Crippen molar-refractivity contribution in [1.29, 1.82) is 0 Å². The van der Waals surface area contributed by atoms with Gasteiger partial charge >= 0.3 is 0 Å². The Hall–Kier alpha value is -2.10. The summed E-state index contributed by atoms with van der Waals surface area (Å²) in [5, 5.41) is 3.40. The Morgan fingerprint density at radius 2 is 2.11 bits per heavy atom. The summed E-state index contributed by atoms with van der Waals surface area (Å²) >= 11 is 0. The molecular weight excluding hydrogens is 226 g/mol. The van der Waals surface area contributed by atoms with Gasteiger partial charge in [-0.1, -0.05) is 12.1 Å². The summed E-state index contributed by atoms with van der Waals surface area (Å²) in [5.41, 5.74) is 3.19. The van der Waals surface area contributed by atoms with Crippen molar-refractivity contribution in [2.24, 2.45) is 0 Å². The quantitative estimate of drug-likeness (QED) is 0.878. The molecule has 4 nitrogen and oxygen atoms in total. The van der Waals surface area contributed by atoms with Crippen molar-refractivity contribution < 1.29 is 4.74 Å². The molecule has 0 fully saturated rings. The van der Waals surface area contributed by atoms with Crippen LogP contribution in [0, 0.1) is 6.92 Å². The molecule has 1 aliphatic rings. The van der Waals surface area contributed by atoms with Gasteiger partial charge in [-0.25, -0.2) is 4.98 Å². The first-order chi connectivity index (χ1) is 8.84. The molecule has 1 N–H and O–H groups in total. The molecule has 2 aromatic rings.